The van der Waals surface area contributed by atoms with Gasteiger partial charge in [0, 0.05) is 30.6 Å². The van der Waals surface area contributed by atoms with Gasteiger partial charge in [0.15, 0.2) is 29.7 Å². The summed E-state index contributed by atoms with van der Waals surface area (Å²) in [6.07, 6.45) is 0.778. The van der Waals surface area contributed by atoms with E-state index < -0.39 is 11.6 Å². The standard InChI is InChI=1S/C20H21F2NO4/c1-25-18-5-3-4-15(20(18)26-2)13-8-9-23(11-13)19(24)12-27-17-7-6-14(21)10-16(17)22/h3-7,10,13H,8-9,11-12H2,1-2H3/t13-/m0/s1. The van der Waals surface area contributed by atoms with E-state index in [1.807, 2.05) is 18.2 Å². The van der Waals surface area contributed by atoms with E-state index in [0.29, 0.717) is 24.6 Å². The molecule has 0 N–H and O–H groups in total. The molecule has 3 rings (SSSR count). The molecule has 2 aromatic rings. The molecule has 27 heavy (non-hydrogen) atoms. The van der Waals surface area contributed by atoms with Crippen LogP contribution in [0.15, 0.2) is 36.4 Å². The van der Waals surface area contributed by atoms with Crippen LogP contribution in [0.1, 0.15) is 17.9 Å². The van der Waals surface area contributed by atoms with E-state index in [2.05, 4.69) is 0 Å². The van der Waals surface area contributed by atoms with Crippen LogP contribution in [0, 0.1) is 11.6 Å². The van der Waals surface area contributed by atoms with E-state index in [9.17, 15) is 13.6 Å². The third kappa shape index (κ3) is 4.13. The smallest absolute Gasteiger partial charge is 0.260 e. The number of methoxy groups -OCH3 is 2. The molecule has 0 aromatic heterocycles. The highest BCUT2D eigenvalue weighted by Crippen LogP contribution is 2.39. The third-order valence-electron chi connectivity index (χ3n) is 4.66. The van der Waals surface area contributed by atoms with Crippen LogP contribution in [0.2, 0.25) is 0 Å². The van der Waals surface area contributed by atoms with Gasteiger partial charge in [-0.15, -0.1) is 0 Å². The van der Waals surface area contributed by atoms with Crippen LogP contribution < -0.4 is 14.2 Å². The molecule has 1 heterocycles. The Kier molecular flexibility index (Phi) is 5.78. The van der Waals surface area contributed by atoms with Crippen LogP contribution in [0.25, 0.3) is 0 Å². The van der Waals surface area contributed by atoms with Crippen molar-refractivity contribution in [2.45, 2.75) is 12.3 Å². The number of benzene rings is 2. The van der Waals surface area contributed by atoms with E-state index in [1.54, 1.807) is 19.1 Å². The van der Waals surface area contributed by atoms with Crippen LogP contribution >= 0.6 is 0 Å². The molecular formula is C20H21F2NO4. The maximum Gasteiger partial charge on any atom is 0.260 e. The lowest BCUT2D eigenvalue weighted by Crippen LogP contribution is -2.33. The Morgan fingerprint density at radius 2 is 1.96 bits per heavy atom. The van der Waals surface area contributed by atoms with Crippen molar-refractivity contribution in [1.29, 1.82) is 0 Å². The van der Waals surface area contributed by atoms with Crippen LogP contribution in [0.4, 0.5) is 8.78 Å². The summed E-state index contributed by atoms with van der Waals surface area (Å²) in [6, 6.07) is 8.66. The number of hydrogen-bond donors (Lipinski definition) is 0. The zero-order valence-corrected chi connectivity index (χ0v) is 15.2. The first-order chi connectivity index (χ1) is 13.0. The van der Waals surface area contributed by atoms with Gasteiger partial charge in [-0.25, -0.2) is 8.78 Å². The van der Waals surface area contributed by atoms with Gasteiger partial charge in [-0.1, -0.05) is 12.1 Å². The molecule has 0 spiro atoms. The van der Waals surface area contributed by atoms with Gasteiger partial charge in [0.2, 0.25) is 0 Å². The second-order valence-electron chi connectivity index (χ2n) is 6.27. The predicted octanol–water partition coefficient (Wildman–Crippen LogP) is 3.38. The van der Waals surface area contributed by atoms with E-state index in [4.69, 9.17) is 14.2 Å². The van der Waals surface area contributed by atoms with Gasteiger partial charge in [0.05, 0.1) is 14.2 Å². The zero-order chi connectivity index (χ0) is 19.4. The van der Waals surface area contributed by atoms with Crippen molar-refractivity contribution >= 4 is 5.91 Å². The Bertz CT molecular complexity index is 828. The fourth-order valence-electron chi connectivity index (χ4n) is 3.30. The summed E-state index contributed by atoms with van der Waals surface area (Å²) in [4.78, 5) is 14.1. The number of rotatable bonds is 6. The van der Waals surface area contributed by atoms with Crippen molar-refractivity contribution in [2.24, 2.45) is 0 Å². The number of halogens is 2. The molecule has 1 saturated heterocycles. The summed E-state index contributed by atoms with van der Waals surface area (Å²) >= 11 is 0. The van der Waals surface area contributed by atoms with Crippen LogP contribution in [-0.4, -0.2) is 44.7 Å². The molecule has 5 nitrogen and oxygen atoms in total. The van der Waals surface area contributed by atoms with Gasteiger partial charge in [-0.05, 0) is 24.6 Å². The topological polar surface area (TPSA) is 48.0 Å². The highest BCUT2D eigenvalue weighted by molar-refractivity contribution is 5.78. The lowest BCUT2D eigenvalue weighted by molar-refractivity contribution is -0.132. The average Bonchev–Trinajstić information content (AvgIpc) is 3.16. The Labute approximate surface area is 156 Å². The quantitative estimate of drug-likeness (QED) is 0.774. The van der Waals surface area contributed by atoms with E-state index in [0.717, 1.165) is 24.1 Å². The highest BCUT2D eigenvalue weighted by Gasteiger charge is 2.30. The lowest BCUT2D eigenvalue weighted by Gasteiger charge is -2.19. The number of hydrogen-bond acceptors (Lipinski definition) is 4. The second kappa shape index (κ2) is 8.24. The summed E-state index contributed by atoms with van der Waals surface area (Å²) in [5.41, 5.74) is 0.984. The summed E-state index contributed by atoms with van der Waals surface area (Å²) < 4.78 is 42.5. The molecule has 2 aromatic carbocycles. The minimum atomic E-state index is -0.830. The van der Waals surface area contributed by atoms with Crippen molar-refractivity contribution in [1.82, 2.24) is 4.90 Å². The molecule has 7 heteroatoms. The molecular weight excluding hydrogens is 356 g/mol. The Balaban J connectivity index is 1.63. The van der Waals surface area contributed by atoms with Crippen molar-refractivity contribution in [3.63, 3.8) is 0 Å². The summed E-state index contributed by atoms with van der Waals surface area (Å²) in [6.45, 7) is 0.779. The number of nitrogens with zero attached hydrogens (tertiary/aromatic N) is 1. The van der Waals surface area contributed by atoms with Crippen LogP contribution in [0.3, 0.4) is 0 Å². The summed E-state index contributed by atoms with van der Waals surface area (Å²) in [5.74, 6) is -0.484. The Morgan fingerprint density at radius 1 is 1.15 bits per heavy atom. The Hall–Kier alpha value is -2.83. The first kappa shape index (κ1) is 18.9. The summed E-state index contributed by atoms with van der Waals surface area (Å²) in [7, 11) is 3.17. The second-order valence-corrected chi connectivity index (χ2v) is 6.27. The Morgan fingerprint density at radius 3 is 2.67 bits per heavy atom. The van der Waals surface area contributed by atoms with E-state index in [1.165, 1.54) is 6.07 Å². The van der Waals surface area contributed by atoms with Gasteiger partial charge in [-0.3, -0.25) is 4.79 Å². The molecule has 0 saturated carbocycles. The normalized spacial score (nSPS) is 16.3. The summed E-state index contributed by atoms with van der Waals surface area (Å²) in [5, 5.41) is 0. The number of para-hydroxylation sites is 1. The minimum absolute atomic E-state index is 0.113. The molecule has 1 atom stereocenters. The molecule has 1 aliphatic heterocycles. The van der Waals surface area contributed by atoms with Gasteiger partial charge in [0.1, 0.15) is 5.82 Å². The molecule has 0 aliphatic carbocycles. The number of carbonyl (C=O) groups excluding carboxylic acids is 1. The fraction of sp³-hybridized carbons (Fsp3) is 0.350. The van der Waals surface area contributed by atoms with Gasteiger partial charge in [0.25, 0.3) is 5.91 Å². The van der Waals surface area contributed by atoms with Crippen molar-refractivity contribution < 1.29 is 27.8 Å². The van der Waals surface area contributed by atoms with Crippen LogP contribution in [0.5, 0.6) is 17.2 Å². The van der Waals surface area contributed by atoms with Gasteiger partial charge < -0.3 is 19.1 Å². The molecule has 0 unspecified atom stereocenters. The molecule has 0 bridgehead atoms. The molecule has 0 radical (unpaired) electrons. The molecule has 144 valence electrons. The van der Waals surface area contributed by atoms with Crippen LogP contribution in [-0.2, 0) is 4.79 Å². The SMILES string of the molecule is COc1cccc([C@H]2CCN(C(=O)COc3ccc(F)cc3F)C2)c1OC. The molecule has 1 aliphatic rings. The first-order valence-corrected chi connectivity index (χ1v) is 8.60. The van der Waals surface area contributed by atoms with Crippen molar-refractivity contribution in [3.8, 4) is 17.2 Å². The first-order valence-electron chi connectivity index (χ1n) is 8.60. The maximum atomic E-state index is 13.6. The van der Waals surface area contributed by atoms with Crippen molar-refractivity contribution in [3.05, 3.63) is 53.6 Å². The highest BCUT2D eigenvalue weighted by atomic mass is 19.1. The average molecular weight is 377 g/mol. The predicted molar refractivity (Wildman–Crippen MR) is 95.3 cm³/mol. The number of likely N-dealkylation sites (tertiary alicyclic amines) is 1. The van der Waals surface area contributed by atoms with E-state index in [-0.39, 0.29) is 24.2 Å². The number of ether oxygens (including phenoxy) is 3. The minimum Gasteiger partial charge on any atom is -0.493 e. The largest absolute Gasteiger partial charge is 0.493 e. The molecule has 1 amide bonds. The van der Waals surface area contributed by atoms with E-state index >= 15 is 0 Å². The third-order valence-corrected chi connectivity index (χ3v) is 4.66. The van der Waals surface area contributed by atoms with Gasteiger partial charge >= 0.3 is 0 Å². The molecule has 1 fully saturated rings. The van der Waals surface area contributed by atoms with Gasteiger partial charge in [-0.2, -0.15) is 0 Å². The maximum absolute atomic E-state index is 13.6. The zero-order valence-electron chi connectivity index (χ0n) is 15.2. The number of carbonyl (C=O) groups is 1. The lowest BCUT2D eigenvalue weighted by atomic mass is 9.97. The monoisotopic (exact) mass is 377 g/mol. The fourth-order valence-corrected chi connectivity index (χ4v) is 3.30. The number of amides is 1. The van der Waals surface area contributed by atoms with Crippen molar-refractivity contribution in [2.75, 3.05) is 33.9 Å².